The molecule has 1 amide bonds. The monoisotopic (exact) mass is 539 g/mol. The van der Waals surface area contributed by atoms with Crippen LogP contribution in [0.3, 0.4) is 0 Å². The van der Waals surface area contributed by atoms with E-state index in [1.807, 2.05) is 6.92 Å². The topological polar surface area (TPSA) is 125 Å². The molecular formula is C30H37NO8. The van der Waals surface area contributed by atoms with Gasteiger partial charge in [0.05, 0.1) is 6.61 Å². The lowest BCUT2D eigenvalue weighted by Crippen LogP contribution is -2.44. The smallest absolute Gasteiger partial charge is 0.334 e. The maximum atomic E-state index is 13.0. The zero-order chi connectivity index (χ0) is 28.6. The second-order valence-electron chi connectivity index (χ2n) is 9.12. The van der Waals surface area contributed by atoms with Gasteiger partial charge in [-0.05, 0) is 68.5 Å². The quantitative estimate of drug-likeness (QED) is 0.248. The van der Waals surface area contributed by atoms with Gasteiger partial charge in [-0.25, -0.2) is 4.79 Å². The molecule has 0 spiro atoms. The third-order valence-corrected chi connectivity index (χ3v) is 5.67. The van der Waals surface area contributed by atoms with E-state index in [-0.39, 0.29) is 43.3 Å². The Kier molecular flexibility index (Phi) is 13.4. The Balaban J connectivity index is 2.00. The number of aryl methyl sites for hydroxylation is 1. The minimum atomic E-state index is -0.924. The van der Waals surface area contributed by atoms with Gasteiger partial charge in [-0.3, -0.25) is 14.4 Å². The first-order chi connectivity index (χ1) is 18.7. The third kappa shape index (κ3) is 12.4. The highest BCUT2D eigenvalue weighted by Gasteiger charge is 2.23. The fraction of sp³-hybridized carbons (Fsp3) is 0.433. The number of benzene rings is 2. The first-order valence-electron chi connectivity index (χ1n) is 13.2. The highest BCUT2D eigenvalue weighted by Crippen LogP contribution is 2.18. The molecule has 0 aliphatic carbocycles. The molecule has 2 aromatic rings. The molecule has 1 N–H and O–H groups in total. The van der Waals surface area contributed by atoms with Crippen molar-refractivity contribution in [3.63, 3.8) is 0 Å². The van der Waals surface area contributed by atoms with Crippen LogP contribution in [0.25, 0.3) is 0 Å². The van der Waals surface area contributed by atoms with E-state index in [4.69, 9.17) is 14.2 Å². The highest BCUT2D eigenvalue weighted by atomic mass is 16.5. The SMILES string of the molecule is CCCC(=O)NC(Cc1ccc(OC(=O)CCCC(C)=O)cc1)C(=O)Oc1ccc(CCC(=O)OCC)cc1. The Morgan fingerprint density at radius 3 is 1.95 bits per heavy atom. The number of hydrogen-bond donors (Lipinski definition) is 1. The van der Waals surface area contributed by atoms with Crippen molar-refractivity contribution in [3.8, 4) is 11.5 Å². The molecule has 2 aromatic carbocycles. The van der Waals surface area contributed by atoms with Gasteiger partial charge in [0.1, 0.15) is 23.3 Å². The van der Waals surface area contributed by atoms with Crippen LogP contribution in [0.2, 0.25) is 0 Å². The van der Waals surface area contributed by atoms with Crippen LogP contribution in [0, 0.1) is 0 Å². The van der Waals surface area contributed by atoms with E-state index in [2.05, 4.69) is 5.32 Å². The van der Waals surface area contributed by atoms with Crippen molar-refractivity contribution in [3.05, 3.63) is 59.7 Å². The highest BCUT2D eigenvalue weighted by molar-refractivity contribution is 5.85. The van der Waals surface area contributed by atoms with Crippen LogP contribution >= 0.6 is 0 Å². The molecule has 39 heavy (non-hydrogen) atoms. The van der Waals surface area contributed by atoms with Gasteiger partial charge in [0, 0.05) is 32.1 Å². The van der Waals surface area contributed by atoms with E-state index in [0.29, 0.717) is 43.8 Å². The minimum absolute atomic E-state index is 0.0225. The molecule has 0 radical (unpaired) electrons. The molecule has 0 aliphatic rings. The largest absolute Gasteiger partial charge is 0.466 e. The predicted octanol–water partition coefficient (Wildman–Crippen LogP) is 4.28. The molecule has 0 saturated carbocycles. The number of ketones is 1. The Morgan fingerprint density at radius 1 is 0.744 bits per heavy atom. The van der Waals surface area contributed by atoms with E-state index >= 15 is 0 Å². The molecule has 0 fully saturated rings. The number of hydrogen-bond acceptors (Lipinski definition) is 8. The van der Waals surface area contributed by atoms with E-state index in [0.717, 1.165) is 11.1 Å². The molecule has 0 saturated heterocycles. The van der Waals surface area contributed by atoms with Gasteiger partial charge < -0.3 is 24.3 Å². The standard InChI is InChI=1S/C30H37NO8/c1-4-7-27(33)31-26(20-23-12-17-24(18-13-23)38-29(35)9-6-8-21(3)32)30(36)39-25-15-10-22(11-16-25)14-19-28(34)37-5-2/h10-13,15-18,26H,4-9,14,19-20H2,1-3H3,(H,31,33). The third-order valence-electron chi connectivity index (χ3n) is 5.67. The Bertz CT molecular complexity index is 1110. The number of rotatable bonds is 16. The van der Waals surface area contributed by atoms with Crippen LogP contribution in [0.15, 0.2) is 48.5 Å². The van der Waals surface area contributed by atoms with Gasteiger partial charge >= 0.3 is 17.9 Å². The van der Waals surface area contributed by atoms with Gasteiger partial charge in [0.25, 0.3) is 0 Å². The normalized spacial score (nSPS) is 11.3. The van der Waals surface area contributed by atoms with Crippen LogP contribution in [-0.2, 0) is 41.6 Å². The van der Waals surface area contributed by atoms with Gasteiger partial charge in [-0.15, -0.1) is 0 Å². The summed E-state index contributed by atoms with van der Waals surface area (Å²) < 4.78 is 15.8. The second kappa shape index (κ2) is 16.8. The maximum Gasteiger partial charge on any atom is 0.334 e. The van der Waals surface area contributed by atoms with Crippen LogP contribution in [0.4, 0.5) is 0 Å². The van der Waals surface area contributed by atoms with Crippen LogP contribution < -0.4 is 14.8 Å². The van der Waals surface area contributed by atoms with Crippen molar-refractivity contribution < 1.29 is 38.2 Å². The van der Waals surface area contributed by atoms with Crippen molar-refractivity contribution in [2.45, 2.75) is 78.2 Å². The molecular weight excluding hydrogens is 502 g/mol. The summed E-state index contributed by atoms with van der Waals surface area (Å²) in [6.45, 7) is 5.44. The number of amides is 1. The molecule has 210 valence electrons. The number of Topliss-reactive ketones (excluding diaryl/α,β-unsaturated/α-hetero) is 1. The van der Waals surface area contributed by atoms with E-state index < -0.39 is 18.0 Å². The molecule has 9 nitrogen and oxygen atoms in total. The average Bonchev–Trinajstić information content (AvgIpc) is 2.89. The van der Waals surface area contributed by atoms with E-state index in [1.165, 1.54) is 6.92 Å². The minimum Gasteiger partial charge on any atom is -0.466 e. The molecule has 0 bridgehead atoms. The van der Waals surface area contributed by atoms with Crippen molar-refractivity contribution in [1.29, 1.82) is 0 Å². The summed E-state index contributed by atoms with van der Waals surface area (Å²) in [5.41, 5.74) is 1.63. The molecule has 0 heterocycles. The van der Waals surface area contributed by atoms with Gasteiger partial charge in [-0.2, -0.15) is 0 Å². The van der Waals surface area contributed by atoms with Gasteiger partial charge in [-0.1, -0.05) is 31.2 Å². The lowest BCUT2D eigenvalue weighted by Gasteiger charge is -2.18. The zero-order valence-electron chi connectivity index (χ0n) is 22.8. The summed E-state index contributed by atoms with van der Waals surface area (Å²) in [5, 5.41) is 2.74. The average molecular weight is 540 g/mol. The molecule has 0 aromatic heterocycles. The number of carbonyl (C=O) groups excluding carboxylic acids is 5. The summed E-state index contributed by atoms with van der Waals surface area (Å²) in [5.74, 6) is -0.872. The van der Waals surface area contributed by atoms with Gasteiger partial charge in [0.15, 0.2) is 0 Å². The molecule has 1 atom stereocenters. The molecule has 2 rings (SSSR count). The fourth-order valence-corrected chi connectivity index (χ4v) is 3.67. The molecule has 9 heteroatoms. The van der Waals surface area contributed by atoms with E-state index in [1.54, 1.807) is 55.5 Å². The van der Waals surface area contributed by atoms with Crippen LogP contribution in [0.1, 0.15) is 70.4 Å². The van der Waals surface area contributed by atoms with Crippen molar-refractivity contribution in [2.75, 3.05) is 6.61 Å². The molecule has 1 unspecified atom stereocenters. The number of nitrogens with one attached hydrogen (secondary N) is 1. The lowest BCUT2D eigenvalue weighted by atomic mass is 10.1. The number of esters is 3. The predicted molar refractivity (Wildman–Crippen MR) is 144 cm³/mol. The summed E-state index contributed by atoms with van der Waals surface area (Å²) in [6, 6.07) is 12.6. The first-order valence-corrected chi connectivity index (χ1v) is 13.2. The lowest BCUT2D eigenvalue weighted by molar-refractivity contribution is -0.143. The van der Waals surface area contributed by atoms with Crippen LogP contribution in [0.5, 0.6) is 11.5 Å². The maximum absolute atomic E-state index is 13.0. The Morgan fingerprint density at radius 2 is 1.36 bits per heavy atom. The van der Waals surface area contributed by atoms with Crippen molar-refractivity contribution in [1.82, 2.24) is 5.32 Å². The Labute approximate surface area is 229 Å². The molecule has 0 aliphatic heterocycles. The Hall–Kier alpha value is -4.01. The zero-order valence-corrected chi connectivity index (χ0v) is 22.8. The summed E-state index contributed by atoms with van der Waals surface area (Å²) in [4.78, 5) is 59.8. The summed E-state index contributed by atoms with van der Waals surface area (Å²) in [7, 11) is 0. The number of carbonyl (C=O) groups is 5. The van der Waals surface area contributed by atoms with E-state index in [9.17, 15) is 24.0 Å². The number of ether oxygens (including phenoxy) is 3. The summed E-state index contributed by atoms with van der Waals surface area (Å²) >= 11 is 0. The van der Waals surface area contributed by atoms with Crippen molar-refractivity contribution >= 4 is 29.6 Å². The van der Waals surface area contributed by atoms with Crippen molar-refractivity contribution in [2.24, 2.45) is 0 Å². The first kappa shape index (κ1) is 31.2. The van der Waals surface area contributed by atoms with Crippen LogP contribution in [-0.4, -0.2) is 42.2 Å². The fourth-order valence-electron chi connectivity index (χ4n) is 3.67. The second-order valence-corrected chi connectivity index (χ2v) is 9.12. The van der Waals surface area contributed by atoms with Gasteiger partial charge in [0.2, 0.25) is 5.91 Å². The summed E-state index contributed by atoms with van der Waals surface area (Å²) in [6.07, 6.45) is 2.76.